The van der Waals surface area contributed by atoms with Crippen LogP contribution in [0, 0.1) is 6.92 Å². The highest BCUT2D eigenvalue weighted by Gasteiger charge is 2.16. The summed E-state index contributed by atoms with van der Waals surface area (Å²) in [7, 11) is 0. The number of rotatable bonds is 5. The predicted octanol–water partition coefficient (Wildman–Crippen LogP) is 2.48. The summed E-state index contributed by atoms with van der Waals surface area (Å²) >= 11 is 1.56. The Kier molecular flexibility index (Phi) is 4.65. The van der Waals surface area contributed by atoms with Crippen LogP contribution in [0.5, 0.6) is 0 Å². The largest absolute Gasteiger partial charge is 0.376 e. The molecule has 116 valence electrons. The average molecular weight is 318 g/mol. The maximum Gasteiger partial charge on any atom is 0.248 e. The monoisotopic (exact) mass is 318 g/mol. The smallest absolute Gasteiger partial charge is 0.248 e. The fourth-order valence-corrected chi connectivity index (χ4v) is 2.91. The van der Waals surface area contributed by atoms with Crippen LogP contribution < -0.4 is 5.32 Å². The third-order valence-corrected chi connectivity index (χ3v) is 4.15. The average Bonchev–Trinajstić information content (AvgIpc) is 3.21. The number of anilines is 1. The third-order valence-electron chi connectivity index (χ3n) is 3.36. The van der Waals surface area contributed by atoms with Crippen molar-refractivity contribution in [2.75, 3.05) is 11.9 Å². The number of aromatic nitrogens is 3. The summed E-state index contributed by atoms with van der Waals surface area (Å²) in [5.41, 5.74) is 1.48. The molecule has 6 nitrogen and oxygen atoms in total. The molecule has 0 aromatic carbocycles. The molecule has 1 saturated heterocycles. The molecule has 0 saturated carbocycles. The predicted molar refractivity (Wildman–Crippen MR) is 85.7 cm³/mol. The molecule has 1 aliphatic rings. The van der Waals surface area contributed by atoms with Gasteiger partial charge in [0.05, 0.1) is 35.2 Å². The Morgan fingerprint density at radius 3 is 3.27 bits per heavy atom. The molecule has 0 radical (unpaired) electrons. The summed E-state index contributed by atoms with van der Waals surface area (Å²) in [6, 6.07) is 0. The number of ether oxygens (including phenoxy) is 1. The van der Waals surface area contributed by atoms with Gasteiger partial charge in [-0.05, 0) is 25.8 Å². The van der Waals surface area contributed by atoms with E-state index in [0.717, 1.165) is 36.7 Å². The SMILES string of the molecule is Cc1nc(/C=C\C(=O)Nc2cnn(C[C@H]3CCCO3)c2)cs1. The zero-order chi connectivity index (χ0) is 15.4. The first-order chi connectivity index (χ1) is 10.7. The highest BCUT2D eigenvalue weighted by atomic mass is 32.1. The van der Waals surface area contributed by atoms with Gasteiger partial charge in [-0.1, -0.05) is 0 Å². The number of aryl methyl sites for hydroxylation is 1. The molecule has 3 heterocycles. The van der Waals surface area contributed by atoms with Crippen LogP contribution >= 0.6 is 11.3 Å². The molecule has 0 spiro atoms. The molecule has 1 atom stereocenters. The second kappa shape index (κ2) is 6.85. The lowest BCUT2D eigenvalue weighted by Gasteiger charge is -2.08. The lowest BCUT2D eigenvalue weighted by atomic mass is 10.2. The molecule has 1 N–H and O–H groups in total. The molecule has 0 unspecified atom stereocenters. The first-order valence-electron chi connectivity index (χ1n) is 7.24. The Balaban J connectivity index is 1.53. The van der Waals surface area contributed by atoms with Crippen molar-refractivity contribution in [1.82, 2.24) is 14.8 Å². The van der Waals surface area contributed by atoms with Gasteiger partial charge in [-0.25, -0.2) is 4.98 Å². The second-order valence-corrected chi connectivity index (χ2v) is 6.26. The Hall–Kier alpha value is -1.99. The highest BCUT2D eigenvalue weighted by Crippen LogP contribution is 2.15. The number of nitrogens with zero attached hydrogens (tertiary/aromatic N) is 3. The highest BCUT2D eigenvalue weighted by molar-refractivity contribution is 7.09. The van der Waals surface area contributed by atoms with Crippen LogP contribution in [-0.2, 0) is 16.1 Å². The van der Waals surface area contributed by atoms with Crippen LogP contribution in [0.1, 0.15) is 23.5 Å². The van der Waals surface area contributed by atoms with Crippen LogP contribution in [0.15, 0.2) is 23.8 Å². The molecule has 2 aromatic heterocycles. The lowest BCUT2D eigenvalue weighted by molar-refractivity contribution is -0.111. The minimum absolute atomic E-state index is 0.192. The molecule has 2 aromatic rings. The van der Waals surface area contributed by atoms with Crippen LogP contribution in [0.4, 0.5) is 5.69 Å². The first-order valence-corrected chi connectivity index (χ1v) is 8.12. The summed E-state index contributed by atoms with van der Waals surface area (Å²) in [5, 5.41) is 9.93. The van der Waals surface area contributed by atoms with Crippen molar-refractivity contribution in [3.05, 3.63) is 34.6 Å². The van der Waals surface area contributed by atoms with Crippen molar-refractivity contribution >= 4 is 29.0 Å². The van der Waals surface area contributed by atoms with E-state index in [-0.39, 0.29) is 12.0 Å². The standard InChI is InChI=1S/C15H18N4O2S/c1-11-17-12(10-22-11)4-5-15(20)18-13-7-16-19(8-13)9-14-3-2-6-21-14/h4-5,7-8,10,14H,2-3,6,9H2,1H3,(H,18,20)/b5-4-/t14-/m1/s1. The Bertz CT molecular complexity index is 671. The van der Waals surface area contributed by atoms with Crippen LogP contribution in [0.3, 0.4) is 0 Å². The Morgan fingerprint density at radius 2 is 2.55 bits per heavy atom. The lowest BCUT2D eigenvalue weighted by Crippen LogP contribution is -2.15. The van der Waals surface area contributed by atoms with Crippen molar-refractivity contribution in [2.45, 2.75) is 32.4 Å². The van der Waals surface area contributed by atoms with Crippen LogP contribution in [-0.4, -0.2) is 33.4 Å². The molecular weight excluding hydrogens is 300 g/mol. The molecule has 1 aliphatic heterocycles. The van der Waals surface area contributed by atoms with E-state index >= 15 is 0 Å². The van der Waals surface area contributed by atoms with Gasteiger partial charge < -0.3 is 10.1 Å². The molecule has 7 heteroatoms. The fourth-order valence-electron chi connectivity index (χ4n) is 2.33. The summed E-state index contributed by atoms with van der Waals surface area (Å²) in [5.74, 6) is -0.192. The van der Waals surface area contributed by atoms with Crippen LogP contribution in [0.2, 0.25) is 0 Å². The van der Waals surface area contributed by atoms with Crippen molar-refractivity contribution in [2.24, 2.45) is 0 Å². The maximum atomic E-state index is 11.9. The van der Waals surface area contributed by atoms with Gasteiger partial charge >= 0.3 is 0 Å². The fraction of sp³-hybridized carbons (Fsp3) is 0.400. The van der Waals surface area contributed by atoms with Gasteiger partial charge in [0.25, 0.3) is 0 Å². The molecule has 0 aliphatic carbocycles. The van der Waals surface area contributed by atoms with Gasteiger partial charge in [-0.2, -0.15) is 5.10 Å². The number of thiazole rings is 1. The van der Waals surface area contributed by atoms with E-state index in [1.54, 1.807) is 28.3 Å². The topological polar surface area (TPSA) is 69.0 Å². The van der Waals surface area contributed by atoms with Crippen molar-refractivity contribution in [1.29, 1.82) is 0 Å². The van der Waals surface area contributed by atoms with E-state index in [1.165, 1.54) is 6.08 Å². The normalized spacial score (nSPS) is 18.1. The summed E-state index contributed by atoms with van der Waals surface area (Å²) in [6.07, 6.45) is 9.06. The minimum Gasteiger partial charge on any atom is -0.376 e. The first kappa shape index (κ1) is 14.9. The molecular formula is C15H18N4O2S. The minimum atomic E-state index is -0.192. The van der Waals surface area contributed by atoms with E-state index in [4.69, 9.17) is 4.74 Å². The third kappa shape index (κ3) is 4.02. The van der Waals surface area contributed by atoms with E-state index < -0.39 is 0 Å². The number of carbonyl (C=O) groups is 1. The molecule has 1 fully saturated rings. The van der Waals surface area contributed by atoms with E-state index in [0.29, 0.717) is 5.69 Å². The van der Waals surface area contributed by atoms with E-state index in [1.807, 2.05) is 18.5 Å². The van der Waals surface area contributed by atoms with Gasteiger partial charge in [0, 0.05) is 24.3 Å². The Morgan fingerprint density at radius 1 is 1.64 bits per heavy atom. The number of hydrogen-bond donors (Lipinski definition) is 1. The van der Waals surface area contributed by atoms with Gasteiger partial charge in [0.2, 0.25) is 5.91 Å². The van der Waals surface area contributed by atoms with E-state index in [9.17, 15) is 4.79 Å². The van der Waals surface area contributed by atoms with E-state index in [2.05, 4.69) is 15.4 Å². The molecule has 0 bridgehead atoms. The van der Waals surface area contributed by atoms with Gasteiger partial charge in [-0.3, -0.25) is 9.48 Å². The maximum absolute atomic E-state index is 11.9. The van der Waals surface area contributed by atoms with Crippen molar-refractivity contribution in [3.63, 3.8) is 0 Å². The number of carbonyl (C=O) groups excluding carboxylic acids is 1. The van der Waals surface area contributed by atoms with Gasteiger partial charge in [-0.15, -0.1) is 11.3 Å². The number of hydrogen-bond acceptors (Lipinski definition) is 5. The zero-order valence-corrected chi connectivity index (χ0v) is 13.2. The zero-order valence-electron chi connectivity index (χ0n) is 12.4. The van der Waals surface area contributed by atoms with Crippen LogP contribution in [0.25, 0.3) is 6.08 Å². The molecule has 1 amide bonds. The number of nitrogens with one attached hydrogen (secondary N) is 1. The van der Waals surface area contributed by atoms with Gasteiger partial charge in [0.1, 0.15) is 0 Å². The Labute approximate surface area is 132 Å². The van der Waals surface area contributed by atoms with Crippen molar-refractivity contribution < 1.29 is 9.53 Å². The quantitative estimate of drug-likeness (QED) is 0.860. The second-order valence-electron chi connectivity index (χ2n) is 5.20. The molecule has 3 rings (SSSR count). The summed E-state index contributed by atoms with van der Waals surface area (Å²) in [6.45, 7) is 3.49. The van der Waals surface area contributed by atoms with Crippen molar-refractivity contribution in [3.8, 4) is 0 Å². The summed E-state index contributed by atoms with van der Waals surface area (Å²) in [4.78, 5) is 16.1. The molecule has 22 heavy (non-hydrogen) atoms. The summed E-state index contributed by atoms with van der Waals surface area (Å²) < 4.78 is 7.38. The number of amides is 1. The van der Waals surface area contributed by atoms with Gasteiger partial charge in [0.15, 0.2) is 0 Å².